The van der Waals surface area contributed by atoms with Crippen molar-refractivity contribution in [3.05, 3.63) is 66.2 Å². The molecule has 0 aliphatic heterocycles. The average Bonchev–Trinajstić information content (AvgIpc) is 3.13. The highest BCUT2D eigenvalue weighted by Crippen LogP contribution is 2.36. The van der Waals surface area contributed by atoms with Crippen molar-refractivity contribution in [2.45, 2.75) is 12.6 Å². The number of amides is 2. The number of nitrogens with zero attached hydrogens (tertiary/aromatic N) is 6. The fourth-order valence-electron chi connectivity index (χ4n) is 3.49. The maximum absolute atomic E-state index is 13.1. The molecule has 0 aliphatic rings. The molecule has 0 fully saturated rings. The van der Waals surface area contributed by atoms with E-state index in [-0.39, 0.29) is 23.7 Å². The summed E-state index contributed by atoms with van der Waals surface area (Å²) >= 11 is 0. The van der Waals surface area contributed by atoms with Crippen molar-refractivity contribution in [2.75, 3.05) is 10.6 Å². The molecule has 4 N–H and O–H groups in total. The fraction of sp³-hybridized carbons (Fsp3) is 0.0952. The van der Waals surface area contributed by atoms with Crippen LogP contribution in [-0.4, -0.2) is 25.6 Å². The van der Waals surface area contributed by atoms with Crippen molar-refractivity contribution in [3.63, 3.8) is 0 Å². The molecule has 9 nitrogen and oxygen atoms in total. The van der Waals surface area contributed by atoms with Gasteiger partial charge >= 0.3 is 12.2 Å². The molecule has 3 heterocycles. The van der Waals surface area contributed by atoms with E-state index in [1.54, 1.807) is 18.3 Å². The second-order valence-electron chi connectivity index (χ2n) is 6.92. The van der Waals surface area contributed by atoms with Gasteiger partial charge in [0.25, 0.3) is 0 Å². The van der Waals surface area contributed by atoms with Crippen LogP contribution in [0.25, 0.3) is 16.6 Å². The molecule has 1 aromatic carbocycles. The number of nitrogens with two attached hydrogens (primary N) is 2. The van der Waals surface area contributed by atoms with Crippen LogP contribution in [0.4, 0.5) is 35.3 Å². The molecule has 12 heteroatoms. The van der Waals surface area contributed by atoms with Gasteiger partial charge in [-0.2, -0.15) is 23.5 Å². The van der Waals surface area contributed by atoms with Gasteiger partial charge in [0.15, 0.2) is 5.82 Å². The minimum Gasteiger partial charge on any atom is -0.382 e. The quantitative estimate of drug-likeness (QED) is 0.484. The molecule has 3 aromatic heterocycles. The number of benzene rings is 1. The van der Waals surface area contributed by atoms with Gasteiger partial charge in [0.1, 0.15) is 17.7 Å². The summed E-state index contributed by atoms with van der Waals surface area (Å²) < 4.78 is 40.8. The summed E-state index contributed by atoms with van der Waals surface area (Å²) in [6, 6.07) is 8.87. The fourth-order valence-corrected chi connectivity index (χ4v) is 3.49. The summed E-state index contributed by atoms with van der Waals surface area (Å²) in [6.45, 7) is 0. The van der Waals surface area contributed by atoms with Gasteiger partial charge in [-0.3, -0.25) is 0 Å². The number of alkyl halides is 3. The molecule has 0 saturated heterocycles. The molecule has 4 aromatic rings. The highest BCUT2D eigenvalue weighted by molar-refractivity contribution is 5.98. The number of halogens is 3. The number of hydrogen-bond acceptors (Lipinski definition) is 6. The van der Waals surface area contributed by atoms with Crippen LogP contribution in [0.1, 0.15) is 11.1 Å². The molecule has 166 valence electrons. The number of nitrogen functional groups attached to an aromatic ring is 1. The third-order valence-electron chi connectivity index (χ3n) is 4.89. The first kappa shape index (κ1) is 21.6. The molecule has 33 heavy (non-hydrogen) atoms. The Bertz CT molecular complexity index is 1390. The number of anilines is 3. The molecule has 0 spiro atoms. The highest BCUT2D eigenvalue weighted by atomic mass is 19.4. The van der Waals surface area contributed by atoms with Gasteiger partial charge < -0.3 is 11.5 Å². The van der Waals surface area contributed by atoms with E-state index >= 15 is 0 Å². The number of pyridine rings is 1. The van der Waals surface area contributed by atoms with E-state index in [0.29, 0.717) is 22.2 Å². The van der Waals surface area contributed by atoms with E-state index in [4.69, 9.17) is 11.5 Å². The number of nitriles is 1. The van der Waals surface area contributed by atoms with Gasteiger partial charge in [0.2, 0.25) is 0 Å². The van der Waals surface area contributed by atoms with Crippen molar-refractivity contribution in [1.82, 2.24) is 19.6 Å². The maximum Gasteiger partial charge on any atom is 0.416 e. The second-order valence-corrected chi connectivity index (χ2v) is 6.92. The monoisotopic (exact) mass is 452 g/mol. The number of carbonyl (C=O) groups excluding carboxylic acids is 1. The lowest BCUT2D eigenvalue weighted by Crippen LogP contribution is -2.32. The Balaban J connectivity index is 1.79. The first-order valence-corrected chi connectivity index (χ1v) is 9.41. The van der Waals surface area contributed by atoms with Gasteiger partial charge in [0, 0.05) is 18.0 Å². The first-order valence-electron chi connectivity index (χ1n) is 9.41. The Kier molecular flexibility index (Phi) is 5.31. The van der Waals surface area contributed by atoms with Crippen molar-refractivity contribution >= 4 is 28.9 Å². The Hall–Kier alpha value is -4.66. The third-order valence-corrected chi connectivity index (χ3v) is 4.89. The Morgan fingerprint density at radius 2 is 1.91 bits per heavy atom. The van der Waals surface area contributed by atoms with Crippen LogP contribution >= 0.6 is 0 Å². The lowest BCUT2D eigenvalue weighted by molar-refractivity contribution is -0.137. The van der Waals surface area contributed by atoms with Crippen LogP contribution in [0, 0.1) is 11.3 Å². The lowest BCUT2D eigenvalue weighted by Gasteiger charge is -2.21. The summed E-state index contributed by atoms with van der Waals surface area (Å²) in [4.78, 5) is 20.8. The van der Waals surface area contributed by atoms with Crippen LogP contribution < -0.4 is 16.4 Å². The summed E-state index contributed by atoms with van der Waals surface area (Å²) in [5.41, 5.74) is 13.1. The predicted molar refractivity (Wildman–Crippen MR) is 113 cm³/mol. The minimum absolute atomic E-state index is 0.0848. The highest BCUT2D eigenvalue weighted by Gasteiger charge is 2.32. The zero-order chi connectivity index (χ0) is 23.8. The predicted octanol–water partition coefficient (Wildman–Crippen LogP) is 3.68. The zero-order valence-corrected chi connectivity index (χ0v) is 16.8. The van der Waals surface area contributed by atoms with Gasteiger partial charge in [0.05, 0.1) is 23.7 Å². The molecule has 0 bridgehead atoms. The van der Waals surface area contributed by atoms with E-state index in [1.807, 2.05) is 0 Å². The van der Waals surface area contributed by atoms with Crippen LogP contribution in [0.5, 0.6) is 0 Å². The van der Waals surface area contributed by atoms with Crippen LogP contribution in [0.3, 0.4) is 0 Å². The van der Waals surface area contributed by atoms with Crippen LogP contribution in [0.15, 0.2) is 55.1 Å². The molecule has 0 aliphatic carbocycles. The molecule has 4 rings (SSSR count). The number of fused-ring (bicyclic) bond motifs is 1. The molecule has 0 saturated carbocycles. The van der Waals surface area contributed by atoms with E-state index in [2.05, 4.69) is 21.1 Å². The van der Waals surface area contributed by atoms with E-state index in [9.17, 15) is 23.2 Å². The van der Waals surface area contributed by atoms with Crippen molar-refractivity contribution in [1.29, 1.82) is 5.26 Å². The summed E-state index contributed by atoms with van der Waals surface area (Å²) in [5.74, 6) is -0.0672. The van der Waals surface area contributed by atoms with Crippen molar-refractivity contribution in [3.8, 4) is 17.2 Å². The summed E-state index contributed by atoms with van der Waals surface area (Å²) in [6.07, 6.45) is -0.616. The molecule has 0 radical (unpaired) electrons. The summed E-state index contributed by atoms with van der Waals surface area (Å²) in [7, 11) is 0. The number of carbonyl (C=O) groups is 1. The molecular weight excluding hydrogens is 437 g/mol. The average molecular weight is 452 g/mol. The topological polar surface area (TPSA) is 139 Å². The van der Waals surface area contributed by atoms with Gasteiger partial charge in [-0.1, -0.05) is 12.1 Å². The van der Waals surface area contributed by atoms with E-state index < -0.39 is 17.8 Å². The molecule has 0 atom stereocenters. The lowest BCUT2D eigenvalue weighted by atomic mass is 10.0. The number of hydrogen-bond donors (Lipinski definition) is 2. The summed E-state index contributed by atoms with van der Waals surface area (Å²) in [5, 5.41) is 13.3. The van der Waals surface area contributed by atoms with Crippen LogP contribution in [-0.2, 0) is 12.6 Å². The number of aromatic nitrogens is 4. The standard InChI is InChI=1S/C21H15F3N8O/c22-21(23,24)14-6-8-28-16(9-14)32(20(27)33)15-3-1-12(2-4-15)17-13(5-7-25)10-31-18(17)19(26)29-11-30-31/h1-4,6,8-11H,5H2,(H2,27,33)(H2,26,29,30). The number of urea groups is 1. The molecule has 2 amide bonds. The largest absolute Gasteiger partial charge is 0.416 e. The third kappa shape index (κ3) is 3.99. The number of primary amides is 1. The van der Waals surface area contributed by atoms with E-state index in [1.165, 1.54) is 23.0 Å². The molecular formula is C21H15F3N8O. The van der Waals surface area contributed by atoms with E-state index in [0.717, 1.165) is 23.2 Å². The second kappa shape index (κ2) is 8.12. The Morgan fingerprint density at radius 3 is 2.55 bits per heavy atom. The Morgan fingerprint density at radius 1 is 1.18 bits per heavy atom. The molecule has 0 unspecified atom stereocenters. The van der Waals surface area contributed by atoms with Gasteiger partial charge in [-0.15, -0.1) is 0 Å². The maximum atomic E-state index is 13.1. The van der Waals surface area contributed by atoms with Gasteiger partial charge in [-0.05, 0) is 35.4 Å². The normalized spacial score (nSPS) is 11.3. The SMILES string of the molecule is N#CCc1cn2ncnc(N)c2c1-c1ccc(N(C(N)=O)c2cc(C(F)(F)F)ccn2)cc1. The van der Waals surface area contributed by atoms with Crippen molar-refractivity contribution in [2.24, 2.45) is 5.73 Å². The van der Waals surface area contributed by atoms with Gasteiger partial charge in [-0.25, -0.2) is 24.2 Å². The smallest absolute Gasteiger partial charge is 0.382 e. The zero-order valence-electron chi connectivity index (χ0n) is 16.8. The number of rotatable bonds is 4. The first-order chi connectivity index (χ1) is 15.7. The van der Waals surface area contributed by atoms with Crippen LogP contribution in [0.2, 0.25) is 0 Å². The minimum atomic E-state index is -4.61. The van der Waals surface area contributed by atoms with Crippen molar-refractivity contribution < 1.29 is 18.0 Å². The Labute approximate surface area is 184 Å².